The van der Waals surface area contributed by atoms with E-state index in [2.05, 4.69) is 16.6 Å². The van der Waals surface area contributed by atoms with Gasteiger partial charge in [0.1, 0.15) is 35.1 Å². The molecular weight excluding hydrogens is 646 g/mol. The number of benzene rings is 3. The standard InChI is InChI=1S/C41H49N3O7/c1-9-27-15-19-30(20-16-27)35(36(46)42-33(38(48)50-40(3,4)5)25-28-13-11-10-12-14-28)44(34-23-26(34)2)37(47)32(43-39(49)51-41(6,7)8)24-29-17-21-31(45)22-18-29/h1,10-22,26,32-35,45H,23-25H2,2-8H3,(H,42,46)(H,43,49). The second-order valence-electron chi connectivity index (χ2n) is 15.0. The molecule has 1 fully saturated rings. The van der Waals surface area contributed by atoms with Gasteiger partial charge in [-0.1, -0.05) is 67.4 Å². The van der Waals surface area contributed by atoms with Gasteiger partial charge < -0.3 is 30.1 Å². The van der Waals surface area contributed by atoms with Gasteiger partial charge in [0.05, 0.1) is 0 Å². The summed E-state index contributed by atoms with van der Waals surface area (Å²) in [6.45, 7) is 12.4. The highest BCUT2D eigenvalue weighted by Crippen LogP contribution is 2.41. The highest BCUT2D eigenvalue weighted by Gasteiger charge is 2.48. The summed E-state index contributed by atoms with van der Waals surface area (Å²) in [6, 6.07) is 18.6. The lowest BCUT2D eigenvalue weighted by atomic mass is 9.98. The number of nitrogens with zero attached hydrogens (tertiary/aromatic N) is 1. The maximum Gasteiger partial charge on any atom is 0.408 e. The second-order valence-corrected chi connectivity index (χ2v) is 15.0. The number of rotatable bonds is 12. The predicted molar refractivity (Wildman–Crippen MR) is 194 cm³/mol. The Morgan fingerprint density at radius 2 is 1.37 bits per heavy atom. The van der Waals surface area contributed by atoms with E-state index in [0.29, 0.717) is 23.1 Å². The number of aromatic hydroxyl groups is 1. The molecule has 0 aromatic heterocycles. The maximum atomic E-state index is 14.9. The summed E-state index contributed by atoms with van der Waals surface area (Å²) in [5.41, 5.74) is 0.880. The van der Waals surface area contributed by atoms with Crippen molar-refractivity contribution in [3.63, 3.8) is 0 Å². The molecule has 0 heterocycles. The van der Waals surface area contributed by atoms with Crippen LogP contribution in [0.2, 0.25) is 0 Å². The average Bonchev–Trinajstić information content (AvgIpc) is 3.77. The Labute approximate surface area is 300 Å². The highest BCUT2D eigenvalue weighted by atomic mass is 16.6. The smallest absolute Gasteiger partial charge is 0.408 e. The van der Waals surface area contributed by atoms with E-state index in [1.165, 1.54) is 17.0 Å². The zero-order valence-corrected chi connectivity index (χ0v) is 30.4. The lowest BCUT2D eigenvalue weighted by Crippen LogP contribution is -2.56. The molecule has 4 rings (SSSR count). The number of phenols is 1. The summed E-state index contributed by atoms with van der Waals surface area (Å²) in [6.07, 6.45) is 5.67. The lowest BCUT2D eigenvalue weighted by Gasteiger charge is -2.36. The number of esters is 1. The monoisotopic (exact) mass is 695 g/mol. The van der Waals surface area contributed by atoms with Crippen LogP contribution in [-0.4, -0.2) is 63.2 Å². The third kappa shape index (κ3) is 11.4. The van der Waals surface area contributed by atoms with Crippen molar-refractivity contribution in [1.82, 2.24) is 15.5 Å². The molecule has 1 aliphatic carbocycles. The Bertz CT molecular complexity index is 1720. The number of alkyl carbamates (subject to hydrolysis) is 1. The number of ether oxygens (including phenoxy) is 2. The van der Waals surface area contributed by atoms with Crippen molar-refractivity contribution >= 4 is 23.9 Å². The zero-order valence-electron chi connectivity index (χ0n) is 30.4. The number of hydrogen-bond donors (Lipinski definition) is 3. The van der Waals surface area contributed by atoms with Crippen molar-refractivity contribution in [3.05, 3.63) is 101 Å². The summed E-state index contributed by atoms with van der Waals surface area (Å²) >= 11 is 0. The molecular formula is C41H49N3O7. The van der Waals surface area contributed by atoms with Crippen LogP contribution in [0, 0.1) is 18.3 Å². The second kappa shape index (κ2) is 16.2. The molecule has 10 heteroatoms. The maximum absolute atomic E-state index is 14.9. The van der Waals surface area contributed by atoms with Crippen LogP contribution in [0.4, 0.5) is 4.79 Å². The van der Waals surface area contributed by atoms with Crippen molar-refractivity contribution in [2.24, 2.45) is 5.92 Å². The van der Waals surface area contributed by atoms with Gasteiger partial charge in [-0.2, -0.15) is 0 Å². The van der Waals surface area contributed by atoms with E-state index in [0.717, 1.165) is 5.56 Å². The van der Waals surface area contributed by atoms with Crippen LogP contribution in [0.5, 0.6) is 5.75 Å². The first-order valence-corrected chi connectivity index (χ1v) is 17.2. The fraction of sp³-hybridized carbons (Fsp3) is 0.415. The summed E-state index contributed by atoms with van der Waals surface area (Å²) < 4.78 is 11.3. The molecule has 3 N–H and O–H groups in total. The first-order chi connectivity index (χ1) is 23.9. The van der Waals surface area contributed by atoms with Crippen molar-refractivity contribution in [2.75, 3.05) is 0 Å². The largest absolute Gasteiger partial charge is 0.508 e. The molecule has 1 aliphatic rings. The first-order valence-electron chi connectivity index (χ1n) is 17.2. The van der Waals surface area contributed by atoms with Crippen molar-refractivity contribution in [3.8, 4) is 18.1 Å². The average molecular weight is 696 g/mol. The fourth-order valence-corrected chi connectivity index (χ4v) is 5.74. The van der Waals surface area contributed by atoms with Gasteiger partial charge in [-0.3, -0.25) is 9.59 Å². The van der Waals surface area contributed by atoms with Crippen molar-refractivity contribution in [1.29, 1.82) is 0 Å². The molecule has 5 unspecified atom stereocenters. The lowest BCUT2D eigenvalue weighted by molar-refractivity contribution is -0.159. The van der Waals surface area contributed by atoms with Crippen LogP contribution in [0.3, 0.4) is 0 Å². The van der Waals surface area contributed by atoms with Crippen molar-refractivity contribution in [2.45, 2.75) is 103 Å². The Morgan fingerprint density at radius 1 is 0.824 bits per heavy atom. The molecule has 0 aliphatic heterocycles. The highest BCUT2D eigenvalue weighted by molar-refractivity contribution is 5.94. The van der Waals surface area contributed by atoms with Crippen LogP contribution in [-0.2, 0) is 36.7 Å². The molecule has 270 valence electrons. The Morgan fingerprint density at radius 3 is 1.90 bits per heavy atom. The molecule has 0 radical (unpaired) electrons. The molecule has 0 saturated heterocycles. The minimum Gasteiger partial charge on any atom is -0.508 e. The summed E-state index contributed by atoms with van der Waals surface area (Å²) in [4.78, 5) is 57.8. The molecule has 1 saturated carbocycles. The fourth-order valence-electron chi connectivity index (χ4n) is 5.74. The number of terminal acetylenes is 1. The van der Waals surface area contributed by atoms with E-state index < -0.39 is 53.2 Å². The molecule has 10 nitrogen and oxygen atoms in total. The molecule has 0 bridgehead atoms. The first kappa shape index (κ1) is 38.5. The normalized spacial score (nSPS) is 17.1. The van der Waals surface area contributed by atoms with Gasteiger partial charge in [0.25, 0.3) is 0 Å². The zero-order chi connectivity index (χ0) is 37.5. The molecule has 3 amide bonds. The van der Waals surface area contributed by atoms with Crippen LogP contribution in [0.15, 0.2) is 78.9 Å². The van der Waals surface area contributed by atoms with Gasteiger partial charge in [-0.15, -0.1) is 6.42 Å². The van der Waals surface area contributed by atoms with E-state index in [-0.39, 0.29) is 30.6 Å². The van der Waals surface area contributed by atoms with Crippen LogP contribution in [0.25, 0.3) is 0 Å². The molecule has 51 heavy (non-hydrogen) atoms. The van der Waals surface area contributed by atoms with Crippen molar-refractivity contribution < 1.29 is 33.8 Å². The molecule has 5 atom stereocenters. The van der Waals surface area contributed by atoms with Crippen LogP contribution in [0.1, 0.15) is 83.2 Å². The Balaban J connectivity index is 1.78. The number of nitrogens with one attached hydrogen (secondary N) is 2. The van der Waals surface area contributed by atoms with E-state index in [1.807, 2.05) is 37.3 Å². The predicted octanol–water partition coefficient (Wildman–Crippen LogP) is 5.86. The Kier molecular flexibility index (Phi) is 12.2. The molecule has 3 aromatic carbocycles. The van der Waals surface area contributed by atoms with Gasteiger partial charge >= 0.3 is 12.1 Å². The quantitative estimate of drug-likeness (QED) is 0.160. The SMILES string of the molecule is C#Cc1ccc(C(C(=O)NC(Cc2ccccc2)C(=O)OC(C)(C)C)N(C(=O)C(Cc2ccc(O)cc2)NC(=O)OC(C)(C)C)C2CC2C)cc1. The van der Waals surface area contributed by atoms with Gasteiger partial charge in [0.2, 0.25) is 11.8 Å². The van der Waals surface area contributed by atoms with E-state index in [4.69, 9.17) is 15.9 Å². The summed E-state index contributed by atoms with van der Waals surface area (Å²) in [5.74, 6) is 0.964. The third-order valence-electron chi connectivity index (χ3n) is 8.25. The number of hydrogen-bond acceptors (Lipinski definition) is 7. The molecule has 0 spiro atoms. The minimum atomic E-state index is -1.21. The molecule has 3 aromatic rings. The van der Waals surface area contributed by atoms with Gasteiger partial charge in [-0.05, 0) is 94.8 Å². The Hall–Kier alpha value is -5.30. The number of amides is 3. The number of phenolic OH excluding ortho intramolecular Hbond substituents is 1. The van der Waals surface area contributed by atoms with Crippen LogP contribution < -0.4 is 10.6 Å². The number of carbonyl (C=O) groups is 4. The third-order valence-corrected chi connectivity index (χ3v) is 8.25. The van der Waals surface area contributed by atoms with E-state index in [9.17, 15) is 24.3 Å². The van der Waals surface area contributed by atoms with E-state index in [1.54, 1.807) is 77.9 Å². The van der Waals surface area contributed by atoms with Gasteiger partial charge in [-0.25, -0.2) is 9.59 Å². The van der Waals surface area contributed by atoms with E-state index >= 15 is 0 Å². The van der Waals surface area contributed by atoms with Gasteiger partial charge in [0, 0.05) is 24.4 Å². The van der Waals surface area contributed by atoms with Crippen LogP contribution >= 0.6 is 0 Å². The number of carbonyl (C=O) groups excluding carboxylic acids is 4. The summed E-state index contributed by atoms with van der Waals surface area (Å²) in [7, 11) is 0. The topological polar surface area (TPSA) is 134 Å². The van der Waals surface area contributed by atoms with Gasteiger partial charge in [0.15, 0.2) is 0 Å². The minimum absolute atomic E-state index is 0.0505. The summed E-state index contributed by atoms with van der Waals surface area (Å²) in [5, 5.41) is 15.6.